The van der Waals surface area contributed by atoms with Gasteiger partial charge in [-0.25, -0.2) is 9.97 Å². The highest BCUT2D eigenvalue weighted by molar-refractivity contribution is 5.85. The molecule has 3 nitrogen and oxygen atoms in total. The molecular formula is C9H14ClN3. The Morgan fingerprint density at radius 2 is 1.92 bits per heavy atom. The van der Waals surface area contributed by atoms with E-state index in [2.05, 4.69) is 9.97 Å². The Labute approximate surface area is 84.2 Å². The van der Waals surface area contributed by atoms with Crippen LogP contribution in [0.15, 0.2) is 18.5 Å². The fourth-order valence-corrected chi connectivity index (χ4v) is 1.44. The molecule has 1 heterocycles. The maximum Gasteiger partial charge on any atom is 0.147 e. The highest BCUT2D eigenvalue weighted by Gasteiger charge is 2.41. The molecule has 1 aliphatic rings. The molecule has 0 saturated heterocycles. The van der Waals surface area contributed by atoms with Gasteiger partial charge in [0.2, 0.25) is 0 Å². The third kappa shape index (κ3) is 1.98. The van der Waals surface area contributed by atoms with Crippen molar-refractivity contribution in [3.63, 3.8) is 0 Å². The summed E-state index contributed by atoms with van der Waals surface area (Å²) >= 11 is 0. The number of halogens is 1. The molecule has 1 saturated carbocycles. The third-order valence-corrected chi connectivity index (χ3v) is 2.47. The number of rotatable bonds is 2. The molecule has 2 N–H and O–H groups in total. The molecule has 1 aromatic heterocycles. The number of nitrogens with zero attached hydrogens (tertiary/aromatic N) is 2. The van der Waals surface area contributed by atoms with Gasteiger partial charge in [0.1, 0.15) is 5.82 Å². The zero-order valence-electron chi connectivity index (χ0n) is 7.60. The number of hydrogen-bond donors (Lipinski definition) is 1. The van der Waals surface area contributed by atoms with E-state index in [1.807, 2.05) is 13.0 Å². The monoisotopic (exact) mass is 199 g/mol. The molecule has 0 bridgehead atoms. The predicted molar refractivity (Wildman–Crippen MR) is 53.5 cm³/mol. The van der Waals surface area contributed by atoms with Crippen LogP contribution < -0.4 is 5.73 Å². The summed E-state index contributed by atoms with van der Waals surface area (Å²) in [7, 11) is 0. The quantitative estimate of drug-likeness (QED) is 0.785. The normalized spacial score (nSPS) is 20.2. The van der Waals surface area contributed by atoms with E-state index in [9.17, 15) is 0 Å². The SMILES string of the molecule is CC(N)(c1ncccn1)C1CC1.Cl. The molecule has 0 spiro atoms. The van der Waals surface area contributed by atoms with Crippen LogP contribution in [-0.2, 0) is 5.54 Å². The molecule has 0 aromatic carbocycles. The average Bonchev–Trinajstić information content (AvgIpc) is 2.88. The molecule has 1 unspecified atom stereocenters. The van der Waals surface area contributed by atoms with Gasteiger partial charge in [-0.3, -0.25) is 0 Å². The first-order chi connectivity index (χ1) is 5.71. The topological polar surface area (TPSA) is 51.8 Å². The van der Waals surface area contributed by atoms with Crippen molar-refractivity contribution in [2.24, 2.45) is 11.7 Å². The van der Waals surface area contributed by atoms with Gasteiger partial charge in [0, 0.05) is 12.4 Å². The highest BCUT2D eigenvalue weighted by atomic mass is 35.5. The highest BCUT2D eigenvalue weighted by Crippen LogP contribution is 2.42. The molecule has 72 valence electrons. The summed E-state index contributed by atoms with van der Waals surface area (Å²) in [6.45, 7) is 2.01. The van der Waals surface area contributed by atoms with E-state index in [4.69, 9.17) is 5.73 Å². The van der Waals surface area contributed by atoms with Crippen LogP contribution in [0.2, 0.25) is 0 Å². The van der Waals surface area contributed by atoms with E-state index in [0.717, 1.165) is 5.82 Å². The lowest BCUT2D eigenvalue weighted by molar-refractivity contribution is 0.400. The first-order valence-electron chi connectivity index (χ1n) is 4.27. The van der Waals surface area contributed by atoms with Crippen LogP contribution in [0.4, 0.5) is 0 Å². The zero-order valence-corrected chi connectivity index (χ0v) is 8.42. The van der Waals surface area contributed by atoms with E-state index < -0.39 is 0 Å². The van der Waals surface area contributed by atoms with Crippen LogP contribution in [-0.4, -0.2) is 9.97 Å². The lowest BCUT2D eigenvalue weighted by Crippen LogP contribution is -2.37. The molecule has 0 amide bonds. The predicted octanol–water partition coefficient (Wildman–Crippen LogP) is 1.48. The van der Waals surface area contributed by atoms with E-state index in [1.54, 1.807) is 12.4 Å². The summed E-state index contributed by atoms with van der Waals surface area (Å²) in [6.07, 6.45) is 5.92. The van der Waals surface area contributed by atoms with Gasteiger partial charge in [-0.15, -0.1) is 12.4 Å². The number of aromatic nitrogens is 2. The lowest BCUT2D eigenvalue weighted by atomic mass is 9.96. The Hall–Kier alpha value is -0.670. The molecule has 13 heavy (non-hydrogen) atoms. The van der Waals surface area contributed by atoms with Crippen LogP contribution in [0.25, 0.3) is 0 Å². The third-order valence-electron chi connectivity index (χ3n) is 2.47. The van der Waals surface area contributed by atoms with Gasteiger partial charge in [0.25, 0.3) is 0 Å². The van der Waals surface area contributed by atoms with Crippen LogP contribution in [0.5, 0.6) is 0 Å². The maximum atomic E-state index is 6.12. The van der Waals surface area contributed by atoms with Crippen LogP contribution in [0, 0.1) is 5.92 Å². The minimum atomic E-state index is -0.318. The van der Waals surface area contributed by atoms with Gasteiger partial charge >= 0.3 is 0 Å². The second-order valence-electron chi connectivity index (χ2n) is 3.63. The van der Waals surface area contributed by atoms with Crippen molar-refractivity contribution >= 4 is 12.4 Å². The second kappa shape index (κ2) is 3.60. The van der Waals surface area contributed by atoms with Crippen molar-refractivity contribution in [3.8, 4) is 0 Å². The second-order valence-corrected chi connectivity index (χ2v) is 3.63. The molecule has 1 aliphatic carbocycles. The van der Waals surface area contributed by atoms with Crippen molar-refractivity contribution < 1.29 is 0 Å². The number of nitrogens with two attached hydrogens (primary N) is 1. The Kier molecular flexibility index (Phi) is 2.88. The smallest absolute Gasteiger partial charge is 0.147 e. The summed E-state index contributed by atoms with van der Waals surface area (Å²) < 4.78 is 0. The van der Waals surface area contributed by atoms with Crippen LogP contribution in [0.1, 0.15) is 25.6 Å². The van der Waals surface area contributed by atoms with Crippen molar-refractivity contribution in [1.29, 1.82) is 0 Å². The molecule has 0 radical (unpaired) electrons. The minimum absolute atomic E-state index is 0. The van der Waals surface area contributed by atoms with E-state index in [-0.39, 0.29) is 17.9 Å². The molecule has 1 fully saturated rings. The summed E-state index contributed by atoms with van der Waals surface area (Å²) in [6, 6.07) is 1.81. The fraction of sp³-hybridized carbons (Fsp3) is 0.556. The van der Waals surface area contributed by atoms with Gasteiger partial charge in [0.15, 0.2) is 0 Å². The Balaban J connectivity index is 0.000000845. The van der Waals surface area contributed by atoms with Crippen molar-refractivity contribution in [2.75, 3.05) is 0 Å². The Morgan fingerprint density at radius 3 is 2.38 bits per heavy atom. The van der Waals surface area contributed by atoms with Crippen LogP contribution in [0.3, 0.4) is 0 Å². The summed E-state index contributed by atoms with van der Waals surface area (Å²) in [4.78, 5) is 8.35. The molecule has 1 atom stereocenters. The van der Waals surface area contributed by atoms with Crippen molar-refractivity contribution in [1.82, 2.24) is 9.97 Å². The lowest BCUT2D eigenvalue weighted by Gasteiger charge is -2.21. The van der Waals surface area contributed by atoms with E-state index >= 15 is 0 Å². The molecular weight excluding hydrogens is 186 g/mol. The molecule has 2 rings (SSSR count). The van der Waals surface area contributed by atoms with Gasteiger partial charge in [-0.05, 0) is 31.7 Å². The first-order valence-corrected chi connectivity index (χ1v) is 4.27. The molecule has 1 aromatic rings. The van der Waals surface area contributed by atoms with Gasteiger partial charge in [-0.1, -0.05) is 0 Å². The first kappa shape index (κ1) is 10.4. The zero-order chi connectivity index (χ0) is 8.60. The van der Waals surface area contributed by atoms with Crippen molar-refractivity contribution in [3.05, 3.63) is 24.3 Å². The Morgan fingerprint density at radius 1 is 1.38 bits per heavy atom. The van der Waals surface area contributed by atoms with Gasteiger partial charge in [-0.2, -0.15) is 0 Å². The largest absolute Gasteiger partial charge is 0.319 e. The summed E-state index contributed by atoms with van der Waals surface area (Å²) in [5, 5.41) is 0. The standard InChI is InChI=1S/C9H13N3.ClH/c1-9(10,7-3-4-7)8-11-5-2-6-12-8;/h2,5-7H,3-4,10H2,1H3;1H. The maximum absolute atomic E-state index is 6.12. The van der Waals surface area contributed by atoms with E-state index in [1.165, 1.54) is 12.8 Å². The molecule has 4 heteroatoms. The summed E-state index contributed by atoms with van der Waals surface area (Å²) in [5.41, 5.74) is 5.80. The van der Waals surface area contributed by atoms with Gasteiger partial charge in [0.05, 0.1) is 5.54 Å². The molecule has 0 aliphatic heterocycles. The van der Waals surface area contributed by atoms with Crippen LogP contribution >= 0.6 is 12.4 Å². The van der Waals surface area contributed by atoms with Gasteiger partial charge < -0.3 is 5.73 Å². The summed E-state index contributed by atoms with van der Waals surface area (Å²) in [5.74, 6) is 1.35. The number of hydrogen-bond acceptors (Lipinski definition) is 3. The van der Waals surface area contributed by atoms with Crippen molar-refractivity contribution in [2.45, 2.75) is 25.3 Å². The van der Waals surface area contributed by atoms with E-state index in [0.29, 0.717) is 5.92 Å². The minimum Gasteiger partial charge on any atom is -0.319 e. The average molecular weight is 200 g/mol. The fourth-order valence-electron chi connectivity index (χ4n) is 1.44. The Bertz CT molecular complexity index is 269.